The Morgan fingerprint density at radius 3 is 2.29 bits per heavy atom. The van der Waals surface area contributed by atoms with Crippen LogP contribution in [-0.4, -0.2) is 31.4 Å². The number of benzene rings is 1. The number of nitrogens with one attached hydrogen (secondary N) is 1. The average Bonchev–Trinajstić information content (AvgIpc) is 2.29. The second kappa shape index (κ2) is 6.40. The van der Waals surface area contributed by atoms with Crippen LogP contribution in [0.15, 0.2) is 24.3 Å². The van der Waals surface area contributed by atoms with Crippen molar-refractivity contribution in [1.82, 2.24) is 4.90 Å². The highest BCUT2D eigenvalue weighted by molar-refractivity contribution is 5.79. The molecule has 0 radical (unpaired) electrons. The molecule has 1 rings (SSSR count). The van der Waals surface area contributed by atoms with Crippen molar-refractivity contribution in [3.63, 3.8) is 0 Å². The number of nitrogens with zero attached hydrogens (tertiary/aromatic N) is 1. The van der Waals surface area contributed by atoms with Gasteiger partial charge in [0, 0.05) is 14.1 Å². The first kappa shape index (κ1) is 13.7. The summed E-state index contributed by atoms with van der Waals surface area (Å²) in [7, 11) is 3.70. The highest BCUT2D eigenvalue weighted by Crippen LogP contribution is 2.14. The lowest BCUT2D eigenvalue weighted by molar-refractivity contribution is 0.151. The lowest BCUT2D eigenvalue weighted by atomic mass is 10.0. The van der Waals surface area contributed by atoms with E-state index in [9.17, 15) is 0 Å². The van der Waals surface area contributed by atoms with Crippen molar-refractivity contribution in [1.29, 1.82) is 5.41 Å². The molecule has 94 valence electrons. The van der Waals surface area contributed by atoms with E-state index in [2.05, 4.69) is 38.1 Å². The molecule has 0 saturated heterocycles. The maximum atomic E-state index is 7.60. The minimum atomic E-state index is 0.360. The molecule has 0 spiro atoms. The molecule has 0 aliphatic carbocycles. The third kappa shape index (κ3) is 4.57. The molecule has 0 bridgehead atoms. The Kier molecular flexibility index (Phi) is 5.16. The molecular weight excluding hydrogens is 212 g/mol. The van der Waals surface area contributed by atoms with Crippen LogP contribution >= 0.6 is 0 Å². The average molecular weight is 234 g/mol. The van der Waals surface area contributed by atoms with Gasteiger partial charge in [-0.25, -0.2) is 0 Å². The summed E-state index contributed by atoms with van der Waals surface area (Å²) in [6.45, 7) is 5.29. The van der Waals surface area contributed by atoms with Crippen molar-refractivity contribution in [2.45, 2.75) is 26.4 Å². The molecule has 0 amide bonds. The minimum Gasteiger partial charge on any atom is -0.369 e. The zero-order chi connectivity index (χ0) is 12.8. The molecule has 1 aromatic carbocycles. The lowest BCUT2D eigenvalue weighted by Gasteiger charge is -2.13. The van der Waals surface area contributed by atoms with Crippen molar-refractivity contribution >= 4 is 5.84 Å². The molecule has 0 aliphatic heterocycles. The van der Waals surface area contributed by atoms with E-state index in [4.69, 9.17) is 10.1 Å². The smallest absolute Gasteiger partial charge is 0.122 e. The van der Waals surface area contributed by atoms with E-state index >= 15 is 0 Å². The van der Waals surface area contributed by atoms with Crippen LogP contribution < -0.4 is 0 Å². The fourth-order valence-corrected chi connectivity index (χ4v) is 1.39. The van der Waals surface area contributed by atoms with Gasteiger partial charge >= 0.3 is 0 Å². The van der Waals surface area contributed by atoms with Crippen LogP contribution in [0.25, 0.3) is 0 Å². The van der Waals surface area contributed by atoms with E-state index in [-0.39, 0.29) is 0 Å². The monoisotopic (exact) mass is 234 g/mol. The standard InChI is InChI=1S/C14H22N2O/c1-11(2)13-7-5-12(6-8-13)9-17-10-14(15)16(3)4/h5-8,11,15H,9-10H2,1-4H3. The van der Waals surface area contributed by atoms with E-state index in [0.717, 1.165) is 5.56 Å². The lowest BCUT2D eigenvalue weighted by Crippen LogP contribution is -2.25. The Labute approximate surface area is 104 Å². The number of ether oxygens (including phenoxy) is 1. The molecule has 3 heteroatoms. The Morgan fingerprint density at radius 2 is 1.82 bits per heavy atom. The van der Waals surface area contributed by atoms with E-state index < -0.39 is 0 Å². The number of rotatable bonds is 5. The Bertz CT molecular complexity index is 355. The number of amidine groups is 1. The summed E-state index contributed by atoms with van der Waals surface area (Å²) in [4.78, 5) is 1.75. The molecule has 0 aromatic heterocycles. The van der Waals surface area contributed by atoms with Crippen LogP contribution in [0.1, 0.15) is 30.9 Å². The zero-order valence-electron chi connectivity index (χ0n) is 11.2. The van der Waals surface area contributed by atoms with Crippen LogP contribution in [0.3, 0.4) is 0 Å². The van der Waals surface area contributed by atoms with Gasteiger partial charge in [-0.3, -0.25) is 5.41 Å². The normalized spacial score (nSPS) is 10.6. The Balaban J connectivity index is 2.40. The topological polar surface area (TPSA) is 36.3 Å². The fraction of sp³-hybridized carbons (Fsp3) is 0.500. The number of hydrogen-bond donors (Lipinski definition) is 1. The largest absolute Gasteiger partial charge is 0.369 e. The molecule has 3 nitrogen and oxygen atoms in total. The third-order valence-corrected chi connectivity index (χ3v) is 2.69. The maximum Gasteiger partial charge on any atom is 0.122 e. The van der Waals surface area contributed by atoms with Crippen LogP contribution in [-0.2, 0) is 11.3 Å². The van der Waals surface area contributed by atoms with Crippen LogP contribution in [0.5, 0.6) is 0 Å². The molecule has 1 aromatic rings. The van der Waals surface area contributed by atoms with Crippen molar-refractivity contribution in [2.75, 3.05) is 20.7 Å². The quantitative estimate of drug-likeness (QED) is 0.628. The van der Waals surface area contributed by atoms with Crippen molar-refractivity contribution < 1.29 is 4.74 Å². The molecule has 0 unspecified atom stereocenters. The molecule has 0 aliphatic rings. The fourth-order valence-electron chi connectivity index (χ4n) is 1.39. The second-order valence-corrected chi connectivity index (χ2v) is 4.73. The second-order valence-electron chi connectivity index (χ2n) is 4.73. The Hall–Kier alpha value is -1.35. The highest BCUT2D eigenvalue weighted by Gasteiger charge is 2.01. The van der Waals surface area contributed by atoms with Crippen LogP contribution in [0.4, 0.5) is 0 Å². The van der Waals surface area contributed by atoms with Gasteiger partial charge < -0.3 is 9.64 Å². The van der Waals surface area contributed by atoms with E-state index in [1.807, 2.05) is 14.1 Å². The van der Waals surface area contributed by atoms with Gasteiger partial charge in [0.25, 0.3) is 0 Å². The van der Waals surface area contributed by atoms with Gasteiger partial charge in [-0.2, -0.15) is 0 Å². The predicted molar refractivity (Wildman–Crippen MR) is 71.6 cm³/mol. The van der Waals surface area contributed by atoms with Gasteiger partial charge in [-0.1, -0.05) is 38.1 Å². The van der Waals surface area contributed by atoms with Crippen LogP contribution in [0, 0.1) is 5.41 Å². The van der Waals surface area contributed by atoms with Gasteiger partial charge in [0.2, 0.25) is 0 Å². The first-order valence-electron chi connectivity index (χ1n) is 5.92. The summed E-state index contributed by atoms with van der Waals surface area (Å²) in [6.07, 6.45) is 0. The maximum absolute atomic E-state index is 7.60. The Morgan fingerprint density at radius 1 is 1.24 bits per heavy atom. The van der Waals surface area contributed by atoms with E-state index in [1.165, 1.54) is 5.56 Å². The van der Waals surface area contributed by atoms with Gasteiger partial charge in [0.15, 0.2) is 0 Å². The molecule has 0 saturated carbocycles. The molecular formula is C14H22N2O. The first-order valence-corrected chi connectivity index (χ1v) is 5.92. The van der Waals surface area contributed by atoms with Crippen molar-refractivity contribution in [3.8, 4) is 0 Å². The number of likely N-dealkylation sites (N-methyl/N-ethyl adjacent to an activating group) is 1. The molecule has 0 atom stereocenters. The van der Waals surface area contributed by atoms with E-state index in [0.29, 0.717) is 25.0 Å². The van der Waals surface area contributed by atoms with Crippen molar-refractivity contribution in [2.24, 2.45) is 0 Å². The zero-order valence-corrected chi connectivity index (χ0v) is 11.2. The molecule has 0 fully saturated rings. The summed E-state index contributed by atoms with van der Waals surface area (Å²) in [5, 5.41) is 7.60. The highest BCUT2D eigenvalue weighted by atomic mass is 16.5. The predicted octanol–water partition coefficient (Wildman–Crippen LogP) is 2.87. The SMILES string of the molecule is CC(C)c1ccc(COCC(=N)N(C)C)cc1. The van der Waals surface area contributed by atoms with Gasteiger partial charge in [-0.05, 0) is 17.0 Å². The summed E-state index contributed by atoms with van der Waals surface area (Å²) < 4.78 is 5.48. The minimum absolute atomic E-state index is 0.360. The van der Waals surface area contributed by atoms with Gasteiger partial charge in [0.1, 0.15) is 12.4 Å². The third-order valence-electron chi connectivity index (χ3n) is 2.69. The number of hydrogen-bond acceptors (Lipinski definition) is 2. The summed E-state index contributed by atoms with van der Waals surface area (Å²) >= 11 is 0. The molecule has 0 heterocycles. The van der Waals surface area contributed by atoms with Gasteiger partial charge in [-0.15, -0.1) is 0 Å². The summed E-state index contributed by atoms with van der Waals surface area (Å²) in [5.74, 6) is 1.05. The molecule has 1 N–H and O–H groups in total. The molecule has 17 heavy (non-hydrogen) atoms. The summed E-state index contributed by atoms with van der Waals surface area (Å²) in [6, 6.07) is 8.46. The first-order chi connectivity index (χ1) is 8.00. The van der Waals surface area contributed by atoms with Crippen molar-refractivity contribution in [3.05, 3.63) is 35.4 Å². The van der Waals surface area contributed by atoms with Crippen LogP contribution in [0.2, 0.25) is 0 Å². The van der Waals surface area contributed by atoms with E-state index in [1.54, 1.807) is 4.90 Å². The summed E-state index contributed by atoms with van der Waals surface area (Å²) in [5.41, 5.74) is 2.50. The van der Waals surface area contributed by atoms with Gasteiger partial charge in [0.05, 0.1) is 6.61 Å².